The minimum absolute atomic E-state index is 0.185. The molecule has 0 aliphatic heterocycles. The van der Waals surface area contributed by atoms with E-state index in [4.69, 9.17) is 4.74 Å². The van der Waals surface area contributed by atoms with E-state index in [0.29, 0.717) is 6.61 Å². The van der Waals surface area contributed by atoms with E-state index in [1.807, 2.05) is 60.2 Å². The molecule has 0 N–H and O–H groups in total. The van der Waals surface area contributed by atoms with Crippen molar-refractivity contribution in [1.29, 1.82) is 0 Å². The molecule has 104 valence electrons. The van der Waals surface area contributed by atoms with Gasteiger partial charge >= 0.3 is 5.97 Å². The van der Waals surface area contributed by atoms with Crippen LogP contribution in [0.2, 0.25) is 0 Å². The van der Waals surface area contributed by atoms with Crippen LogP contribution in [-0.2, 0) is 22.7 Å². The van der Waals surface area contributed by atoms with Crippen molar-refractivity contribution in [3.8, 4) is 5.75 Å². The Morgan fingerprint density at radius 3 is 2.60 bits per heavy atom. The lowest BCUT2D eigenvalue weighted by Crippen LogP contribution is -2.41. The maximum Gasteiger partial charge on any atom is 0.372 e. The van der Waals surface area contributed by atoms with E-state index in [9.17, 15) is 4.79 Å². The fourth-order valence-electron chi connectivity index (χ4n) is 1.87. The number of benzene rings is 1. The average Bonchev–Trinajstić information content (AvgIpc) is 2.49. The lowest BCUT2D eigenvalue weighted by atomic mass is 10.2. The van der Waals surface area contributed by atoms with Crippen LogP contribution in [0.4, 0.5) is 0 Å². The lowest BCUT2D eigenvalue weighted by molar-refractivity contribution is -0.692. The number of aromatic nitrogens is 1. The van der Waals surface area contributed by atoms with Gasteiger partial charge in [0.15, 0.2) is 11.9 Å². The van der Waals surface area contributed by atoms with Crippen LogP contribution in [0, 0.1) is 6.92 Å². The van der Waals surface area contributed by atoms with Crippen LogP contribution in [0.5, 0.6) is 5.75 Å². The fraction of sp³-hybridized carbons (Fsp3) is 0.250. The molecule has 2 rings (SSSR count). The third-order valence-corrected chi connectivity index (χ3v) is 3.07. The molecule has 0 saturated heterocycles. The van der Waals surface area contributed by atoms with E-state index in [1.165, 1.54) is 7.11 Å². The number of hydrogen-bond acceptors (Lipinski definition) is 3. The zero-order valence-corrected chi connectivity index (χ0v) is 11.7. The van der Waals surface area contributed by atoms with Gasteiger partial charge in [-0.2, -0.15) is 4.57 Å². The number of carbonyl (C=O) groups is 1. The summed E-state index contributed by atoms with van der Waals surface area (Å²) in [6.07, 6.45) is 1.83. The number of methoxy groups -OCH3 is 1. The van der Waals surface area contributed by atoms with Gasteiger partial charge in [-0.15, -0.1) is 0 Å². The summed E-state index contributed by atoms with van der Waals surface area (Å²) in [7, 11) is 1.38. The van der Waals surface area contributed by atoms with Gasteiger partial charge in [0, 0.05) is 13.0 Å². The quantitative estimate of drug-likeness (QED) is 0.617. The van der Waals surface area contributed by atoms with Crippen LogP contribution in [0.3, 0.4) is 0 Å². The number of carbonyl (C=O) groups excluding carboxylic acids is 1. The second kappa shape index (κ2) is 6.70. The van der Waals surface area contributed by atoms with Gasteiger partial charge in [-0.25, -0.2) is 4.79 Å². The van der Waals surface area contributed by atoms with Gasteiger partial charge in [0.1, 0.15) is 6.61 Å². The first-order valence-corrected chi connectivity index (χ1v) is 6.43. The molecule has 0 fully saturated rings. The van der Waals surface area contributed by atoms with E-state index in [-0.39, 0.29) is 12.5 Å². The molecular weight excluding hydrogens is 254 g/mol. The maximum absolute atomic E-state index is 11.3. The highest BCUT2D eigenvalue weighted by Crippen LogP contribution is 2.14. The number of esters is 1. The first-order chi connectivity index (χ1) is 9.70. The van der Waals surface area contributed by atoms with Crippen LogP contribution in [0.25, 0.3) is 0 Å². The van der Waals surface area contributed by atoms with E-state index < -0.39 is 0 Å². The Morgan fingerprint density at radius 2 is 1.90 bits per heavy atom. The number of pyridine rings is 1. The van der Waals surface area contributed by atoms with Gasteiger partial charge in [-0.05, 0) is 11.6 Å². The van der Waals surface area contributed by atoms with Gasteiger partial charge in [0.05, 0.1) is 7.11 Å². The van der Waals surface area contributed by atoms with Crippen LogP contribution in [0.15, 0.2) is 48.7 Å². The molecule has 0 amide bonds. The van der Waals surface area contributed by atoms with Gasteiger partial charge in [-0.1, -0.05) is 30.3 Å². The number of nitrogens with zero attached hydrogens (tertiary/aromatic N) is 1. The molecule has 2 aromatic rings. The highest BCUT2D eigenvalue weighted by molar-refractivity contribution is 5.67. The van der Waals surface area contributed by atoms with Crippen molar-refractivity contribution in [2.45, 2.75) is 20.1 Å². The summed E-state index contributed by atoms with van der Waals surface area (Å²) in [6.45, 7) is 2.61. The Labute approximate surface area is 118 Å². The third-order valence-electron chi connectivity index (χ3n) is 3.07. The maximum atomic E-state index is 11.3. The molecular formula is C16H18NO3+. The highest BCUT2D eigenvalue weighted by Gasteiger charge is 2.16. The van der Waals surface area contributed by atoms with Crippen molar-refractivity contribution in [3.05, 3.63) is 59.9 Å². The summed E-state index contributed by atoms with van der Waals surface area (Å²) >= 11 is 0. The molecule has 4 heteroatoms. The molecule has 0 bridgehead atoms. The van der Waals surface area contributed by atoms with Crippen molar-refractivity contribution in [2.24, 2.45) is 0 Å². The molecule has 0 spiro atoms. The Hall–Kier alpha value is -2.36. The minimum atomic E-state index is -0.279. The summed E-state index contributed by atoms with van der Waals surface area (Å²) in [5, 5.41) is 0. The van der Waals surface area contributed by atoms with Gasteiger partial charge in [0.25, 0.3) is 0 Å². The molecule has 20 heavy (non-hydrogen) atoms. The van der Waals surface area contributed by atoms with Crippen LogP contribution in [-0.4, -0.2) is 13.1 Å². The van der Waals surface area contributed by atoms with Crippen molar-refractivity contribution in [3.63, 3.8) is 0 Å². The van der Waals surface area contributed by atoms with Crippen LogP contribution in [0.1, 0.15) is 11.3 Å². The van der Waals surface area contributed by atoms with Crippen molar-refractivity contribution in [2.75, 3.05) is 7.11 Å². The highest BCUT2D eigenvalue weighted by atomic mass is 16.5. The molecule has 0 unspecified atom stereocenters. The van der Waals surface area contributed by atoms with Gasteiger partial charge in [-0.3, -0.25) is 0 Å². The van der Waals surface area contributed by atoms with E-state index >= 15 is 0 Å². The molecule has 0 aliphatic carbocycles. The van der Waals surface area contributed by atoms with Crippen LogP contribution >= 0.6 is 0 Å². The van der Waals surface area contributed by atoms with Gasteiger partial charge in [0.2, 0.25) is 12.2 Å². The molecule has 0 saturated carbocycles. The standard InChI is InChI=1S/C16H18NO3/c1-13-15(20-12-14-7-4-3-5-8-14)9-6-10-17(13)11-16(18)19-2/h3-10H,11-12H2,1-2H3/q+1. The molecule has 1 heterocycles. The third kappa shape index (κ3) is 3.57. The number of hydrogen-bond donors (Lipinski definition) is 0. The Kier molecular flexibility index (Phi) is 4.71. The van der Waals surface area contributed by atoms with Crippen molar-refractivity contribution >= 4 is 5.97 Å². The second-order valence-electron chi connectivity index (χ2n) is 4.44. The topological polar surface area (TPSA) is 39.4 Å². The Balaban J connectivity index is 2.08. The minimum Gasteiger partial charge on any atom is -0.482 e. The fourth-order valence-corrected chi connectivity index (χ4v) is 1.87. The van der Waals surface area contributed by atoms with E-state index in [2.05, 4.69) is 4.74 Å². The zero-order chi connectivity index (χ0) is 14.4. The Bertz CT molecular complexity index is 582. The van der Waals surface area contributed by atoms with Gasteiger partial charge < -0.3 is 9.47 Å². The summed E-state index contributed by atoms with van der Waals surface area (Å²) in [4.78, 5) is 11.3. The van der Waals surface area contributed by atoms with Crippen molar-refractivity contribution < 1.29 is 18.8 Å². The first kappa shape index (κ1) is 14.1. The summed E-state index contributed by atoms with van der Waals surface area (Å²) in [5.74, 6) is 0.485. The molecule has 0 aliphatic rings. The number of ether oxygens (including phenoxy) is 2. The molecule has 0 radical (unpaired) electrons. The monoisotopic (exact) mass is 272 g/mol. The lowest BCUT2D eigenvalue weighted by Gasteiger charge is -2.08. The first-order valence-electron chi connectivity index (χ1n) is 6.43. The van der Waals surface area contributed by atoms with Crippen molar-refractivity contribution in [1.82, 2.24) is 0 Å². The summed E-state index contributed by atoms with van der Waals surface area (Å²) in [5.41, 5.74) is 2.00. The van der Waals surface area contributed by atoms with Crippen LogP contribution < -0.4 is 9.30 Å². The normalized spacial score (nSPS) is 10.1. The molecule has 0 atom stereocenters. The number of rotatable bonds is 5. The smallest absolute Gasteiger partial charge is 0.372 e. The summed E-state index contributed by atoms with van der Waals surface area (Å²) < 4.78 is 12.3. The van der Waals surface area contributed by atoms with E-state index in [0.717, 1.165) is 17.0 Å². The largest absolute Gasteiger partial charge is 0.482 e. The SMILES string of the molecule is COC(=O)C[n+]1cccc(OCc2ccccc2)c1C. The second-order valence-corrected chi connectivity index (χ2v) is 4.44. The zero-order valence-electron chi connectivity index (χ0n) is 11.7. The predicted molar refractivity (Wildman–Crippen MR) is 74.2 cm³/mol. The molecule has 1 aromatic heterocycles. The molecule has 1 aromatic carbocycles. The summed E-state index contributed by atoms with van der Waals surface area (Å²) in [6, 6.07) is 13.7. The predicted octanol–water partition coefficient (Wildman–Crippen LogP) is 2.03. The average molecular weight is 272 g/mol. The van der Waals surface area contributed by atoms with E-state index in [1.54, 1.807) is 0 Å². The molecule has 4 nitrogen and oxygen atoms in total. The Morgan fingerprint density at radius 1 is 1.15 bits per heavy atom.